The van der Waals surface area contributed by atoms with Gasteiger partial charge in [-0.2, -0.15) is 11.8 Å². The zero-order valence-corrected chi connectivity index (χ0v) is 16.5. The number of hydrogen-bond donors (Lipinski definition) is 2. The van der Waals surface area contributed by atoms with Crippen LogP contribution in [0.1, 0.15) is 18.4 Å². The number of carbonyl (C=O) groups excluding carboxylic acids is 1. The van der Waals surface area contributed by atoms with Crippen LogP contribution in [0.3, 0.4) is 0 Å². The fourth-order valence-electron chi connectivity index (χ4n) is 2.70. The average Bonchev–Trinajstić information content (AvgIpc) is 2.96. The molecule has 1 aliphatic rings. The van der Waals surface area contributed by atoms with E-state index in [4.69, 9.17) is 21.4 Å². The number of carboxylic acid groups (broad SMARTS) is 1. The van der Waals surface area contributed by atoms with Crippen molar-refractivity contribution >= 4 is 35.4 Å². The number of hydrogen-bond acceptors (Lipinski definition) is 5. The number of aliphatic hydroxyl groups is 1. The van der Waals surface area contributed by atoms with Crippen molar-refractivity contribution < 1.29 is 24.5 Å². The summed E-state index contributed by atoms with van der Waals surface area (Å²) in [5, 5.41) is 19.4. The maximum atomic E-state index is 11.9. The number of cyclic esters (lactones) is 1. The Morgan fingerprint density at radius 3 is 3.00 bits per heavy atom. The second-order valence-corrected chi connectivity index (χ2v) is 7.89. The van der Waals surface area contributed by atoms with Gasteiger partial charge < -0.3 is 14.9 Å². The maximum Gasteiger partial charge on any atom is 0.410 e. The predicted molar refractivity (Wildman–Crippen MR) is 106 cm³/mol. The Hall–Kier alpha value is -1.70. The summed E-state index contributed by atoms with van der Waals surface area (Å²) in [5.41, 5.74) is 0.938. The van der Waals surface area contributed by atoms with Crippen LogP contribution in [-0.2, 0) is 16.0 Å². The number of rotatable bonds is 11. The molecule has 1 heterocycles. The zero-order chi connectivity index (χ0) is 19.6. The molecule has 27 heavy (non-hydrogen) atoms. The van der Waals surface area contributed by atoms with Gasteiger partial charge in [-0.1, -0.05) is 35.9 Å². The molecule has 0 saturated carbocycles. The fourth-order valence-corrected chi connectivity index (χ4v) is 3.79. The van der Waals surface area contributed by atoms with Crippen molar-refractivity contribution in [1.82, 2.24) is 4.90 Å². The number of ether oxygens (including phenoxy) is 1. The minimum absolute atomic E-state index is 0.161. The smallest absolute Gasteiger partial charge is 0.410 e. The number of benzene rings is 1. The molecule has 0 spiro atoms. The lowest BCUT2D eigenvalue weighted by Crippen LogP contribution is -2.34. The molecule has 1 fully saturated rings. The van der Waals surface area contributed by atoms with Crippen molar-refractivity contribution in [3.05, 3.63) is 47.0 Å². The van der Waals surface area contributed by atoms with Gasteiger partial charge in [-0.25, -0.2) is 4.79 Å². The molecule has 148 valence electrons. The Morgan fingerprint density at radius 2 is 2.26 bits per heavy atom. The molecule has 1 aliphatic heterocycles. The maximum absolute atomic E-state index is 11.9. The van der Waals surface area contributed by atoms with Crippen molar-refractivity contribution in [2.45, 2.75) is 31.4 Å². The van der Waals surface area contributed by atoms with Crippen molar-refractivity contribution in [3.8, 4) is 0 Å². The molecule has 6 nitrogen and oxygen atoms in total. The molecule has 0 aromatic heterocycles. The molecular formula is C19H24ClNO5S. The van der Waals surface area contributed by atoms with Gasteiger partial charge in [0.15, 0.2) is 0 Å². The van der Waals surface area contributed by atoms with Crippen LogP contribution in [0.2, 0.25) is 5.02 Å². The number of aliphatic hydroxyl groups excluding tert-OH is 1. The number of halogens is 1. The van der Waals surface area contributed by atoms with E-state index >= 15 is 0 Å². The van der Waals surface area contributed by atoms with E-state index in [1.807, 2.05) is 18.2 Å². The van der Waals surface area contributed by atoms with Crippen molar-refractivity contribution in [1.29, 1.82) is 0 Å². The lowest BCUT2D eigenvalue weighted by Gasteiger charge is -2.18. The molecule has 2 atom stereocenters. The second kappa shape index (κ2) is 11.2. The molecule has 0 radical (unpaired) electrons. The van der Waals surface area contributed by atoms with Gasteiger partial charge in [0.05, 0.1) is 12.1 Å². The van der Waals surface area contributed by atoms with Gasteiger partial charge >= 0.3 is 12.1 Å². The molecular weight excluding hydrogens is 390 g/mol. The first-order valence-electron chi connectivity index (χ1n) is 8.79. The average molecular weight is 414 g/mol. The fraction of sp³-hybridized carbons (Fsp3) is 0.474. The number of aliphatic carboxylic acids is 1. The SMILES string of the molecule is O=C(O)CCCSCCN1C(=O)OCC1C=CC(O)Cc1cccc(Cl)c1. The summed E-state index contributed by atoms with van der Waals surface area (Å²) in [6, 6.07) is 7.14. The zero-order valence-electron chi connectivity index (χ0n) is 14.9. The lowest BCUT2D eigenvalue weighted by atomic mass is 10.1. The number of carbonyl (C=O) groups is 2. The van der Waals surface area contributed by atoms with E-state index in [0.717, 1.165) is 11.3 Å². The van der Waals surface area contributed by atoms with Gasteiger partial charge in [-0.3, -0.25) is 9.69 Å². The monoisotopic (exact) mass is 413 g/mol. The van der Waals surface area contributed by atoms with E-state index in [-0.39, 0.29) is 25.2 Å². The topological polar surface area (TPSA) is 87.1 Å². The third-order valence-corrected chi connectivity index (χ3v) is 5.34. The number of nitrogens with zero attached hydrogens (tertiary/aromatic N) is 1. The second-order valence-electron chi connectivity index (χ2n) is 6.23. The molecule has 1 aromatic carbocycles. The molecule has 2 unspecified atom stereocenters. The highest BCUT2D eigenvalue weighted by molar-refractivity contribution is 7.99. The van der Waals surface area contributed by atoms with Crippen molar-refractivity contribution in [2.24, 2.45) is 0 Å². The van der Waals surface area contributed by atoms with Crippen LogP contribution in [0.4, 0.5) is 4.79 Å². The van der Waals surface area contributed by atoms with Gasteiger partial charge in [0, 0.05) is 30.2 Å². The van der Waals surface area contributed by atoms with Crippen molar-refractivity contribution in [3.63, 3.8) is 0 Å². The van der Waals surface area contributed by atoms with E-state index in [2.05, 4.69) is 0 Å². The van der Waals surface area contributed by atoms with Gasteiger partial charge in [0.1, 0.15) is 6.61 Å². The van der Waals surface area contributed by atoms with E-state index in [1.54, 1.807) is 34.9 Å². The Kier molecular flexibility index (Phi) is 8.97. The highest BCUT2D eigenvalue weighted by Gasteiger charge is 2.30. The minimum Gasteiger partial charge on any atom is -0.481 e. The largest absolute Gasteiger partial charge is 0.481 e. The Morgan fingerprint density at radius 1 is 1.44 bits per heavy atom. The summed E-state index contributed by atoms with van der Waals surface area (Å²) in [4.78, 5) is 24.0. The van der Waals surface area contributed by atoms with Crippen LogP contribution in [0.25, 0.3) is 0 Å². The highest BCUT2D eigenvalue weighted by Crippen LogP contribution is 2.17. The number of amides is 1. The van der Waals surface area contributed by atoms with Gasteiger partial charge in [0.2, 0.25) is 0 Å². The lowest BCUT2D eigenvalue weighted by molar-refractivity contribution is -0.137. The van der Waals surface area contributed by atoms with Gasteiger partial charge in [-0.05, 0) is 29.9 Å². The first-order chi connectivity index (χ1) is 13.0. The molecule has 1 amide bonds. The molecule has 8 heteroatoms. The Labute approximate surface area is 168 Å². The standard InChI is InChI=1S/C19H24ClNO5S/c20-15-4-1-3-14(11-15)12-17(22)7-6-16-13-26-19(25)21(16)8-10-27-9-2-5-18(23)24/h1,3-4,6-7,11,16-17,22H,2,5,8-10,12-13H2,(H,23,24). The first kappa shape index (κ1) is 21.6. The number of carboxylic acids is 1. The minimum atomic E-state index is -0.791. The quantitative estimate of drug-likeness (QED) is 0.428. The summed E-state index contributed by atoms with van der Waals surface area (Å²) < 4.78 is 5.10. The molecule has 0 bridgehead atoms. The molecule has 0 aliphatic carbocycles. The summed E-state index contributed by atoms with van der Waals surface area (Å²) in [6.45, 7) is 0.791. The molecule has 1 saturated heterocycles. The first-order valence-corrected chi connectivity index (χ1v) is 10.3. The van der Waals surface area contributed by atoms with Crippen molar-refractivity contribution in [2.75, 3.05) is 24.7 Å². The van der Waals surface area contributed by atoms with Crippen LogP contribution < -0.4 is 0 Å². The van der Waals surface area contributed by atoms with Gasteiger partial charge in [-0.15, -0.1) is 0 Å². The van der Waals surface area contributed by atoms with Crippen LogP contribution in [-0.4, -0.2) is 64.0 Å². The third kappa shape index (κ3) is 7.82. The third-order valence-electron chi connectivity index (χ3n) is 4.06. The normalized spacial score (nSPS) is 18.1. The van der Waals surface area contributed by atoms with E-state index in [0.29, 0.717) is 30.2 Å². The predicted octanol–water partition coefficient (Wildman–Crippen LogP) is 3.22. The van der Waals surface area contributed by atoms with Crippen LogP contribution in [0.15, 0.2) is 36.4 Å². The summed E-state index contributed by atoms with van der Waals surface area (Å²) in [6.07, 6.45) is 3.66. The number of thioether (sulfide) groups is 1. The molecule has 2 rings (SSSR count). The van der Waals surface area contributed by atoms with Crippen LogP contribution >= 0.6 is 23.4 Å². The highest BCUT2D eigenvalue weighted by atomic mass is 35.5. The Bertz CT molecular complexity index is 669. The molecule has 2 N–H and O–H groups in total. The summed E-state index contributed by atoms with van der Waals surface area (Å²) >= 11 is 7.56. The van der Waals surface area contributed by atoms with Crippen LogP contribution in [0, 0.1) is 0 Å². The summed E-state index contributed by atoms with van der Waals surface area (Å²) in [5.74, 6) is 0.665. The van der Waals surface area contributed by atoms with E-state index in [9.17, 15) is 14.7 Å². The van der Waals surface area contributed by atoms with E-state index in [1.165, 1.54) is 0 Å². The van der Waals surface area contributed by atoms with E-state index < -0.39 is 12.1 Å². The molecule has 1 aromatic rings. The van der Waals surface area contributed by atoms with Gasteiger partial charge in [0.25, 0.3) is 0 Å². The van der Waals surface area contributed by atoms with Crippen LogP contribution in [0.5, 0.6) is 0 Å². The summed E-state index contributed by atoms with van der Waals surface area (Å²) in [7, 11) is 0. The Balaban J connectivity index is 1.77.